The number of benzene rings is 4. The van der Waals surface area contributed by atoms with E-state index in [1.165, 1.54) is 22.7 Å². The number of hydrogen-bond donors (Lipinski definition) is 2. The van der Waals surface area contributed by atoms with Crippen LogP contribution in [0.1, 0.15) is 127 Å². The molecule has 8 aromatic rings. The molecule has 72 heavy (non-hydrogen) atoms. The van der Waals surface area contributed by atoms with E-state index in [-0.39, 0.29) is 35.2 Å². The Balaban J connectivity index is 0.000000178. The molecule has 2 aliphatic carbocycles. The number of hydrogen-bond acceptors (Lipinski definition) is 16. The summed E-state index contributed by atoms with van der Waals surface area (Å²) in [6.07, 6.45) is 10.3. The molecule has 4 aromatic carbocycles. The van der Waals surface area contributed by atoms with E-state index in [2.05, 4.69) is 51.4 Å². The number of anilines is 2. The summed E-state index contributed by atoms with van der Waals surface area (Å²) in [4.78, 5) is 49.7. The van der Waals surface area contributed by atoms with Crippen molar-refractivity contribution in [3.05, 3.63) is 174 Å². The van der Waals surface area contributed by atoms with Gasteiger partial charge in [-0.3, -0.25) is 19.2 Å². The van der Waals surface area contributed by atoms with E-state index in [1.807, 2.05) is 121 Å². The van der Waals surface area contributed by atoms with E-state index in [9.17, 15) is 19.2 Å². The number of ketones is 2. The molecule has 0 bridgehead atoms. The molecular weight excluding hydrogens is 981 g/mol. The molecule has 2 saturated carbocycles. The fourth-order valence-electron chi connectivity index (χ4n) is 9.18. The van der Waals surface area contributed by atoms with Crippen LogP contribution in [0.15, 0.2) is 121 Å². The van der Waals surface area contributed by atoms with Crippen molar-refractivity contribution in [2.75, 3.05) is 10.6 Å². The molecule has 368 valence electrons. The number of nitrogens with zero attached hydrogens (tertiary/aromatic N) is 8. The quantitative estimate of drug-likeness (QED) is 0.0827. The number of Topliss-reactive ketones (excluding diaryl/α,β-unsaturated/α-hetero) is 2. The van der Waals surface area contributed by atoms with E-state index in [4.69, 9.17) is 0 Å². The van der Waals surface area contributed by atoms with Gasteiger partial charge < -0.3 is 10.6 Å². The lowest BCUT2D eigenvalue weighted by molar-refractivity contribution is -0.118. The molecule has 0 radical (unpaired) electrons. The SMILES string of the molecule is O=C(Cc1ccccc1)Cc1nnc([C@@H]2CCC[C@@H](c3nnc(NC(=O)Cc4ccccc4)s3)C2)s1.O=C(Cc1ccccc1)Cc1nnc([C@H]2CCC[C@H](c3nnc(NC(=O)Cc4ccccc4)s3)C2)s1. The summed E-state index contributed by atoms with van der Waals surface area (Å²) >= 11 is 6.03. The van der Waals surface area contributed by atoms with Crippen LogP contribution in [0.5, 0.6) is 0 Å². The zero-order valence-electron chi connectivity index (χ0n) is 39.6. The molecule has 0 unspecified atom stereocenters. The van der Waals surface area contributed by atoms with Crippen molar-refractivity contribution in [3.8, 4) is 0 Å². The predicted molar refractivity (Wildman–Crippen MR) is 283 cm³/mol. The molecule has 14 nitrogen and oxygen atoms in total. The largest absolute Gasteiger partial charge is 0.300 e. The summed E-state index contributed by atoms with van der Waals surface area (Å²) in [7, 11) is 0. The number of aromatic nitrogens is 8. The van der Waals surface area contributed by atoms with Gasteiger partial charge in [-0.25, -0.2) is 0 Å². The van der Waals surface area contributed by atoms with Gasteiger partial charge in [-0.2, -0.15) is 0 Å². The third-order valence-electron chi connectivity index (χ3n) is 12.7. The molecule has 2 fully saturated rings. The van der Waals surface area contributed by atoms with Crippen LogP contribution < -0.4 is 10.6 Å². The Morgan fingerprint density at radius 3 is 1.03 bits per heavy atom. The van der Waals surface area contributed by atoms with Crippen LogP contribution in [-0.2, 0) is 57.7 Å². The molecule has 0 aliphatic heterocycles. The fourth-order valence-corrected chi connectivity index (χ4v) is 13.0. The minimum Gasteiger partial charge on any atom is -0.300 e. The van der Waals surface area contributed by atoms with Gasteiger partial charge in [0.2, 0.25) is 22.1 Å². The first-order valence-corrected chi connectivity index (χ1v) is 27.6. The maximum atomic E-state index is 12.5. The molecule has 4 heterocycles. The molecule has 18 heteroatoms. The third kappa shape index (κ3) is 14.7. The van der Waals surface area contributed by atoms with Gasteiger partial charge >= 0.3 is 0 Å². The van der Waals surface area contributed by atoms with Crippen LogP contribution in [0, 0.1) is 0 Å². The van der Waals surface area contributed by atoms with E-state index in [0.717, 1.165) is 104 Å². The highest BCUT2D eigenvalue weighted by Crippen LogP contribution is 2.44. The maximum Gasteiger partial charge on any atom is 0.230 e. The lowest BCUT2D eigenvalue weighted by atomic mass is 9.82. The van der Waals surface area contributed by atoms with Gasteiger partial charge in [0.25, 0.3) is 0 Å². The van der Waals surface area contributed by atoms with Gasteiger partial charge in [0.15, 0.2) is 0 Å². The van der Waals surface area contributed by atoms with E-state index < -0.39 is 0 Å². The van der Waals surface area contributed by atoms with Crippen LogP contribution in [0.4, 0.5) is 10.3 Å². The Morgan fingerprint density at radius 2 is 0.681 bits per heavy atom. The summed E-state index contributed by atoms with van der Waals surface area (Å²) in [6, 6.07) is 38.9. The van der Waals surface area contributed by atoms with Gasteiger partial charge in [-0.1, -0.05) is 157 Å². The normalized spacial score (nSPS) is 17.6. The Morgan fingerprint density at radius 1 is 0.375 bits per heavy atom. The molecule has 2 aliphatic rings. The van der Waals surface area contributed by atoms with Crippen molar-refractivity contribution in [1.29, 1.82) is 0 Å². The van der Waals surface area contributed by atoms with Gasteiger partial charge in [-0.15, -0.1) is 63.5 Å². The Hall–Kier alpha value is -6.60. The first-order valence-electron chi connectivity index (χ1n) is 24.3. The summed E-state index contributed by atoms with van der Waals surface area (Å²) in [6.45, 7) is 0. The van der Waals surface area contributed by atoms with Crippen molar-refractivity contribution in [3.63, 3.8) is 0 Å². The Bertz CT molecular complexity index is 2620. The minimum absolute atomic E-state index is 0.0892. The molecule has 2 amide bonds. The predicted octanol–water partition coefficient (Wildman–Crippen LogP) is 10.7. The molecule has 0 saturated heterocycles. The van der Waals surface area contributed by atoms with Gasteiger partial charge in [-0.05, 0) is 60.8 Å². The molecular formula is C54H54N10O4S4. The van der Waals surface area contributed by atoms with Crippen LogP contribution in [0.3, 0.4) is 0 Å². The number of nitrogens with one attached hydrogen (secondary N) is 2. The average molecular weight is 1040 g/mol. The summed E-state index contributed by atoms with van der Waals surface area (Å²) in [5.41, 5.74) is 3.98. The fraction of sp³-hybridized carbons (Fsp3) is 0.333. The monoisotopic (exact) mass is 1030 g/mol. The maximum absolute atomic E-state index is 12.5. The summed E-state index contributed by atoms with van der Waals surface area (Å²) in [5.74, 6) is 1.31. The highest BCUT2D eigenvalue weighted by atomic mass is 32.1. The number of carbonyl (C=O) groups excluding carboxylic acids is 4. The first kappa shape index (κ1) is 50.3. The van der Waals surface area contributed by atoms with Gasteiger partial charge in [0, 0.05) is 36.5 Å². The second kappa shape index (κ2) is 25.2. The molecule has 2 N–H and O–H groups in total. The van der Waals surface area contributed by atoms with E-state index in [0.29, 0.717) is 60.6 Å². The highest BCUT2D eigenvalue weighted by Gasteiger charge is 2.31. The van der Waals surface area contributed by atoms with Gasteiger partial charge in [0.1, 0.15) is 41.6 Å². The topological polar surface area (TPSA) is 195 Å². The Kier molecular flexibility index (Phi) is 17.6. The lowest BCUT2D eigenvalue weighted by Crippen LogP contribution is -2.14. The number of carbonyl (C=O) groups is 4. The zero-order chi connectivity index (χ0) is 49.5. The van der Waals surface area contributed by atoms with Crippen LogP contribution in [0.2, 0.25) is 0 Å². The van der Waals surface area contributed by atoms with Crippen molar-refractivity contribution < 1.29 is 19.2 Å². The van der Waals surface area contributed by atoms with Crippen molar-refractivity contribution in [1.82, 2.24) is 40.8 Å². The third-order valence-corrected chi connectivity index (χ3v) is 16.9. The van der Waals surface area contributed by atoms with Crippen LogP contribution in [0.25, 0.3) is 0 Å². The van der Waals surface area contributed by atoms with Crippen LogP contribution in [-0.4, -0.2) is 64.2 Å². The minimum atomic E-state index is -0.0892. The smallest absolute Gasteiger partial charge is 0.230 e. The highest BCUT2D eigenvalue weighted by molar-refractivity contribution is 7.15. The van der Waals surface area contributed by atoms with E-state index in [1.54, 1.807) is 22.7 Å². The summed E-state index contributed by atoms with van der Waals surface area (Å²) in [5, 5.41) is 47.1. The lowest BCUT2D eigenvalue weighted by Gasteiger charge is -2.25. The van der Waals surface area contributed by atoms with Crippen molar-refractivity contribution in [2.45, 2.75) is 114 Å². The second-order valence-electron chi connectivity index (χ2n) is 18.3. The molecule has 10 rings (SSSR count). The van der Waals surface area contributed by atoms with Crippen molar-refractivity contribution in [2.24, 2.45) is 0 Å². The number of rotatable bonds is 18. The van der Waals surface area contributed by atoms with Gasteiger partial charge in [0.05, 0.1) is 25.7 Å². The first-order chi connectivity index (χ1) is 35.2. The number of amides is 2. The standard InChI is InChI=1S/2C27H27N5O2S2/c2*33-22(14-18-8-3-1-4-9-18)17-24-29-30-25(35-24)20-12-7-13-21(16-20)26-31-32-27(36-26)28-23(34)15-19-10-5-2-6-11-19/h2*1-6,8-11,20-21H,7,12-17H2,(H,28,32,34)/t2*20-,21-/m10/s1. The van der Waals surface area contributed by atoms with Crippen molar-refractivity contribution >= 4 is 79.0 Å². The molecule has 4 aromatic heterocycles. The Labute approximate surface area is 434 Å². The van der Waals surface area contributed by atoms with Crippen LogP contribution >= 0.6 is 45.3 Å². The van der Waals surface area contributed by atoms with E-state index >= 15 is 0 Å². The molecule has 0 spiro atoms. The second-order valence-corrected chi connectivity index (χ2v) is 22.5. The molecule has 4 atom stereocenters. The zero-order valence-corrected chi connectivity index (χ0v) is 42.9. The summed E-state index contributed by atoms with van der Waals surface area (Å²) < 4.78 is 0. The average Bonchev–Trinajstić information content (AvgIpc) is 4.25.